The molecule has 12 aromatic rings. The second kappa shape index (κ2) is 35.8. The fourth-order valence-corrected chi connectivity index (χ4v) is 19.5. The summed E-state index contributed by atoms with van der Waals surface area (Å²) < 4.78 is 34.0. The van der Waals surface area contributed by atoms with Crippen molar-refractivity contribution >= 4 is 69.5 Å². The van der Waals surface area contributed by atoms with Gasteiger partial charge in [-0.25, -0.2) is 48.0 Å². The SMILES string of the molecule is CCc1ocnc1C(=O)N1CCCC[C@H]1c1cc2nc(N3CC[C@H](C)C3)c(C)cn2n1.Cc1cn2nc([C@@H]3CCCCN3C(=O)c3cccnc3F)cc2nc1N1CC[C@H](C)C1.Cc1cn2nc([C@@H]3CCCCN3C(=O)c3nnn(C)c3C)cc2nc1N1CC[C@H](C)C1.Cc1cn2nc([C@@H]3CCCCN3C(=O)c3onc(C)c3C)cc2nc1N1CC[C@H](C)C1. The second-order valence-corrected chi connectivity index (χ2v) is 36.1. The summed E-state index contributed by atoms with van der Waals surface area (Å²) in [6.07, 6.45) is 27.9. The molecule has 8 atom stereocenters. The maximum absolute atomic E-state index is 14.2. The monoisotopic (exact) mass is 1690 g/mol. The Morgan fingerprint density at radius 1 is 0.452 bits per heavy atom. The smallest absolute Gasteiger partial charge is 0.293 e. The fourth-order valence-electron chi connectivity index (χ4n) is 19.5. The number of pyridine rings is 1. The Morgan fingerprint density at radius 3 is 1.14 bits per heavy atom. The minimum atomic E-state index is -0.728. The third kappa shape index (κ3) is 17.1. The highest BCUT2D eigenvalue weighted by Crippen LogP contribution is 2.40. The van der Waals surface area contributed by atoms with Gasteiger partial charge in [0.15, 0.2) is 40.4 Å². The van der Waals surface area contributed by atoms with Gasteiger partial charge in [-0.15, -0.1) is 5.10 Å². The molecule has 12 aromatic heterocycles. The number of likely N-dealkylation sites (tertiary alicyclic amines) is 4. The predicted molar refractivity (Wildman–Crippen MR) is 467 cm³/mol. The van der Waals surface area contributed by atoms with Gasteiger partial charge in [-0.1, -0.05) is 45.0 Å². The van der Waals surface area contributed by atoms with Crippen molar-refractivity contribution in [3.05, 3.63) is 170 Å². The van der Waals surface area contributed by atoms with Crippen LogP contribution in [0.15, 0.2) is 82.7 Å². The van der Waals surface area contributed by atoms with Gasteiger partial charge >= 0.3 is 0 Å². The van der Waals surface area contributed by atoms with Crippen molar-refractivity contribution in [1.29, 1.82) is 0 Å². The van der Waals surface area contributed by atoms with Gasteiger partial charge in [0.05, 0.1) is 63.9 Å². The maximum Gasteiger partial charge on any atom is 0.293 e. The molecule has 0 bridgehead atoms. The topological polar surface area (TPSA) is 311 Å². The lowest BCUT2D eigenvalue weighted by Crippen LogP contribution is -2.39. The Kier molecular flexibility index (Phi) is 24.4. The predicted octanol–water partition coefficient (Wildman–Crippen LogP) is 14.1. The van der Waals surface area contributed by atoms with Crippen molar-refractivity contribution in [1.82, 2.24) is 108 Å². The molecule has 124 heavy (non-hydrogen) atoms. The van der Waals surface area contributed by atoms with Crippen LogP contribution < -0.4 is 19.6 Å². The van der Waals surface area contributed by atoms with E-state index < -0.39 is 5.95 Å². The van der Waals surface area contributed by atoms with Gasteiger partial charge in [-0.2, -0.15) is 24.8 Å². The molecule has 20 heterocycles. The number of amides is 4. The van der Waals surface area contributed by atoms with Crippen LogP contribution in [0, 0.1) is 78.1 Å². The molecule has 0 spiro atoms. The van der Waals surface area contributed by atoms with Crippen molar-refractivity contribution < 1.29 is 32.5 Å². The third-order valence-electron chi connectivity index (χ3n) is 26.6. The van der Waals surface area contributed by atoms with E-state index in [4.69, 9.17) is 49.3 Å². The Morgan fingerprint density at radius 2 is 0.815 bits per heavy atom. The van der Waals surface area contributed by atoms with Gasteiger partial charge in [0, 0.05) is 175 Å². The molecule has 0 radical (unpaired) electrons. The van der Waals surface area contributed by atoms with Gasteiger partial charge in [-0.05, 0) is 187 Å². The summed E-state index contributed by atoms with van der Waals surface area (Å²) >= 11 is 0. The van der Waals surface area contributed by atoms with E-state index in [1.807, 2.05) is 93.5 Å². The van der Waals surface area contributed by atoms with Crippen molar-refractivity contribution in [3.8, 4) is 0 Å². The van der Waals surface area contributed by atoms with E-state index in [2.05, 4.69) is 119 Å². The van der Waals surface area contributed by atoms with Crippen LogP contribution in [0.1, 0.15) is 271 Å². The lowest BCUT2D eigenvalue weighted by molar-refractivity contribution is 0.0560. The van der Waals surface area contributed by atoms with E-state index in [0.717, 1.165) is 237 Å². The van der Waals surface area contributed by atoms with Crippen molar-refractivity contribution in [2.75, 3.05) is 98.1 Å². The van der Waals surface area contributed by atoms with Crippen molar-refractivity contribution in [3.63, 3.8) is 0 Å². The van der Waals surface area contributed by atoms with Crippen LogP contribution in [0.4, 0.5) is 27.7 Å². The number of aryl methyl sites for hydroxylation is 7. The van der Waals surface area contributed by atoms with Gasteiger partial charge in [0.1, 0.15) is 29.0 Å². The van der Waals surface area contributed by atoms with E-state index >= 15 is 0 Å². The molecule has 8 fully saturated rings. The number of oxazole rings is 1. The summed E-state index contributed by atoms with van der Waals surface area (Å²) in [5.41, 5.74) is 14.5. The number of nitrogens with zero attached hydrogens (tertiary/aromatic N) is 26. The average molecular weight is 1690 g/mol. The molecule has 8 saturated heterocycles. The van der Waals surface area contributed by atoms with Crippen LogP contribution in [0.5, 0.6) is 0 Å². The highest BCUT2D eigenvalue weighted by molar-refractivity contribution is 5.96. The average Bonchev–Trinajstić information content (AvgIpc) is 1.64. The normalized spacial score (nSPS) is 21.9. The Balaban J connectivity index is 0.000000117. The van der Waals surface area contributed by atoms with Gasteiger partial charge < -0.3 is 48.1 Å². The van der Waals surface area contributed by atoms with Crippen molar-refractivity contribution in [2.24, 2.45) is 30.7 Å². The summed E-state index contributed by atoms with van der Waals surface area (Å²) in [5.74, 6) is 6.62. The van der Waals surface area contributed by atoms with Gasteiger partial charge in [0.25, 0.3) is 23.6 Å². The zero-order valence-corrected chi connectivity index (χ0v) is 74.0. The molecule has 654 valence electrons. The molecule has 0 aromatic carbocycles. The summed E-state index contributed by atoms with van der Waals surface area (Å²) in [5, 5.41) is 31.4. The number of anilines is 4. The van der Waals surface area contributed by atoms with Crippen LogP contribution in [0.25, 0.3) is 22.6 Å². The highest BCUT2D eigenvalue weighted by Gasteiger charge is 2.40. The zero-order valence-electron chi connectivity index (χ0n) is 74.0. The highest BCUT2D eigenvalue weighted by atomic mass is 19.1. The first kappa shape index (κ1) is 84.4. The van der Waals surface area contributed by atoms with Crippen LogP contribution >= 0.6 is 0 Å². The lowest BCUT2D eigenvalue weighted by atomic mass is 9.98. The standard InChI is InChI=1S/C23H27FN6O.2C23H30N6O2.C22H30N8O/c1-15-8-11-28(13-15)22-16(2)14-30-20(26-22)12-18(27-30)19-7-3-4-10-29(19)23(31)17-6-5-9-25-21(17)24;1-14-8-10-27(12-14)22-15(2)13-29-20(24-22)11-18(25-29)19-7-5-6-9-28(19)23(30)21-16(3)17(4)26-31-21;1-4-19-21(24-14-31-19)23(30)28-9-6-5-7-18(28)17-11-20-25-22(16(3)13-29(20)26-17)27-10-8-15(2)12-27;1-14-8-10-28(12-14)21-15(2)13-30-19(23-21)11-17(25-30)18-7-5-6-9-29(18)22(31)20-16(3)27(4)26-24-20/h5-6,9,12,14-15,19H,3-4,7-8,10-11,13H2,1-2H3;11,13-14,19H,5-10,12H2,1-4H3;11,13-15,18H,4-10,12H2,1-3H3;11,13-14,18H,5-10,12H2,1-4H3/t15-,19-;14-,19-;15-,18-;14-,18-/m0000/s1. The second-order valence-electron chi connectivity index (χ2n) is 36.1. The van der Waals surface area contributed by atoms with Gasteiger partial charge in [0.2, 0.25) is 11.7 Å². The largest absolute Gasteiger partial charge is 0.448 e. The Hall–Kier alpha value is -11.8. The van der Waals surface area contributed by atoms with Crippen LogP contribution in [-0.2, 0) is 13.5 Å². The number of hydrogen-bond acceptors (Lipinski definition) is 23. The zero-order chi connectivity index (χ0) is 86.5. The number of hydrogen-bond donors (Lipinski definition) is 0. The van der Waals surface area contributed by atoms with Crippen LogP contribution in [0.2, 0.25) is 0 Å². The van der Waals surface area contributed by atoms with E-state index in [-0.39, 0.29) is 53.4 Å². The molecular weight excluding hydrogens is 1570 g/mol. The molecular formula is C91H117FN26O6. The number of halogens is 1. The minimum absolute atomic E-state index is 0.0116. The van der Waals surface area contributed by atoms with Crippen LogP contribution in [-0.4, -0.2) is 210 Å². The number of carbonyl (C=O) groups is 4. The first-order valence-electron chi connectivity index (χ1n) is 44.9. The van der Waals surface area contributed by atoms with E-state index in [1.54, 1.807) is 20.2 Å². The van der Waals surface area contributed by atoms with Crippen molar-refractivity contribution in [2.45, 2.75) is 216 Å². The molecule has 33 heteroatoms. The van der Waals surface area contributed by atoms with E-state index in [1.165, 1.54) is 44.3 Å². The maximum atomic E-state index is 14.2. The molecule has 0 aliphatic carbocycles. The lowest BCUT2D eigenvalue weighted by Gasteiger charge is -2.34. The third-order valence-corrected chi connectivity index (χ3v) is 26.6. The molecule has 32 nitrogen and oxygen atoms in total. The Labute approximate surface area is 721 Å². The summed E-state index contributed by atoms with van der Waals surface area (Å²) in [7, 11) is 1.81. The Bertz CT molecular complexity index is 5740. The molecule has 0 saturated carbocycles. The number of carbonyl (C=O) groups excluding carboxylic acids is 4. The molecule has 20 rings (SSSR count). The molecule has 8 aliphatic rings. The molecule has 0 N–H and O–H groups in total. The molecule has 0 unspecified atom stereocenters. The van der Waals surface area contributed by atoms with Gasteiger partial charge in [-0.3, -0.25) is 23.9 Å². The number of aromatic nitrogens is 18. The number of rotatable bonds is 13. The minimum Gasteiger partial charge on any atom is -0.448 e. The number of fused-ring (bicyclic) bond motifs is 4. The quantitative estimate of drug-likeness (QED) is 0.0968. The number of piperidine rings is 4. The first-order valence-corrected chi connectivity index (χ1v) is 44.9. The van der Waals surface area contributed by atoms with E-state index in [0.29, 0.717) is 79.2 Å². The summed E-state index contributed by atoms with van der Waals surface area (Å²) in [4.78, 5) is 97.5. The fraction of sp³-hybridized carbons (Fsp3) is 0.549. The molecule has 8 aliphatic heterocycles. The summed E-state index contributed by atoms with van der Waals surface area (Å²) in [6, 6.07) is 10.8. The first-order chi connectivity index (χ1) is 59.9. The summed E-state index contributed by atoms with van der Waals surface area (Å²) in [6.45, 7) is 36.1. The molecule has 4 amide bonds. The van der Waals surface area contributed by atoms with Crippen LogP contribution in [0.3, 0.4) is 0 Å². The van der Waals surface area contributed by atoms with E-state index in [9.17, 15) is 23.6 Å².